The molecular formula is C16H24OS. The number of aryl methyl sites for hydroxylation is 2. The molecule has 2 heteroatoms. The molecule has 0 bridgehead atoms. The highest BCUT2D eigenvalue weighted by Gasteiger charge is 2.31. The average molecular weight is 264 g/mol. The van der Waals surface area contributed by atoms with Crippen LogP contribution in [-0.4, -0.2) is 12.4 Å². The summed E-state index contributed by atoms with van der Waals surface area (Å²) in [4.78, 5) is 0. The second-order valence-corrected chi connectivity index (χ2v) is 6.09. The Kier molecular flexibility index (Phi) is 4.60. The van der Waals surface area contributed by atoms with Crippen molar-refractivity contribution in [3.8, 4) is 5.75 Å². The van der Waals surface area contributed by atoms with E-state index in [4.69, 9.17) is 4.74 Å². The molecule has 1 nitrogen and oxygen atoms in total. The molecule has 0 unspecified atom stereocenters. The number of ether oxygens (including phenoxy) is 1. The molecule has 0 aromatic heterocycles. The largest absolute Gasteiger partial charge is 0.493 e. The molecule has 18 heavy (non-hydrogen) atoms. The Balaban J connectivity index is 2.03. The highest BCUT2D eigenvalue weighted by atomic mass is 32.1. The van der Waals surface area contributed by atoms with E-state index < -0.39 is 0 Å². The van der Waals surface area contributed by atoms with Gasteiger partial charge in [0.25, 0.3) is 0 Å². The van der Waals surface area contributed by atoms with Crippen molar-refractivity contribution in [2.45, 2.75) is 46.0 Å². The van der Waals surface area contributed by atoms with Crippen molar-refractivity contribution in [3.05, 3.63) is 29.3 Å². The highest BCUT2D eigenvalue weighted by Crippen LogP contribution is 2.38. The van der Waals surface area contributed by atoms with E-state index in [2.05, 4.69) is 44.7 Å². The minimum Gasteiger partial charge on any atom is -0.493 e. The van der Waals surface area contributed by atoms with Gasteiger partial charge in [0.1, 0.15) is 5.75 Å². The number of hydrogen-bond donors (Lipinski definition) is 1. The minimum absolute atomic E-state index is 0.303. The van der Waals surface area contributed by atoms with Crippen LogP contribution in [0.4, 0.5) is 0 Å². The molecule has 1 aliphatic rings. The summed E-state index contributed by atoms with van der Waals surface area (Å²) in [5.41, 5.74) is 2.79. The van der Waals surface area contributed by atoms with Crippen LogP contribution < -0.4 is 4.74 Å². The molecule has 1 saturated carbocycles. The number of benzene rings is 1. The van der Waals surface area contributed by atoms with E-state index in [0.717, 1.165) is 18.1 Å². The van der Waals surface area contributed by atoms with E-state index in [1.807, 2.05) is 0 Å². The number of thiol groups is 1. The number of rotatable bonds is 4. The maximum absolute atomic E-state index is 6.10. The van der Waals surface area contributed by atoms with Gasteiger partial charge in [-0.3, -0.25) is 0 Å². The van der Waals surface area contributed by atoms with Crippen LogP contribution in [0, 0.1) is 19.3 Å². The molecule has 0 aliphatic heterocycles. The van der Waals surface area contributed by atoms with E-state index in [-0.39, 0.29) is 0 Å². The zero-order valence-electron chi connectivity index (χ0n) is 11.5. The van der Waals surface area contributed by atoms with Gasteiger partial charge in [0.15, 0.2) is 0 Å². The predicted octanol–water partition coefficient (Wildman–Crippen LogP) is 4.56. The summed E-state index contributed by atoms with van der Waals surface area (Å²) in [6, 6.07) is 6.42. The van der Waals surface area contributed by atoms with Crippen LogP contribution in [0.5, 0.6) is 5.75 Å². The maximum Gasteiger partial charge on any atom is 0.122 e. The van der Waals surface area contributed by atoms with Crippen molar-refractivity contribution in [2.24, 2.45) is 5.41 Å². The Bertz CT molecular complexity index is 394. The van der Waals surface area contributed by atoms with Gasteiger partial charge in [-0.1, -0.05) is 31.4 Å². The summed E-state index contributed by atoms with van der Waals surface area (Å²) in [5, 5.41) is 0. The van der Waals surface area contributed by atoms with Gasteiger partial charge in [-0.2, -0.15) is 12.6 Å². The molecular weight excluding hydrogens is 240 g/mol. The zero-order chi connectivity index (χ0) is 13.0. The molecule has 100 valence electrons. The molecule has 0 saturated heterocycles. The lowest BCUT2D eigenvalue weighted by molar-refractivity contribution is 0.120. The molecule has 0 radical (unpaired) electrons. The zero-order valence-corrected chi connectivity index (χ0v) is 12.4. The van der Waals surface area contributed by atoms with Crippen molar-refractivity contribution in [2.75, 3.05) is 12.4 Å². The average Bonchev–Trinajstić information content (AvgIpc) is 2.41. The third-order valence-corrected chi connectivity index (χ3v) is 4.80. The van der Waals surface area contributed by atoms with E-state index in [1.54, 1.807) is 0 Å². The Morgan fingerprint density at radius 2 is 1.89 bits per heavy atom. The molecule has 1 aromatic carbocycles. The highest BCUT2D eigenvalue weighted by molar-refractivity contribution is 7.80. The van der Waals surface area contributed by atoms with Gasteiger partial charge in [0.2, 0.25) is 0 Å². The van der Waals surface area contributed by atoms with E-state index in [0.29, 0.717) is 5.41 Å². The third-order valence-electron chi connectivity index (χ3n) is 4.13. The van der Waals surface area contributed by atoms with Gasteiger partial charge in [-0.05, 0) is 49.6 Å². The van der Waals surface area contributed by atoms with Crippen LogP contribution >= 0.6 is 12.6 Å². The Morgan fingerprint density at radius 3 is 2.56 bits per heavy atom. The third kappa shape index (κ3) is 3.23. The second kappa shape index (κ2) is 6.01. The topological polar surface area (TPSA) is 9.23 Å². The van der Waals surface area contributed by atoms with Gasteiger partial charge < -0.3 is 4.74 Å². The van der Waals surface area contributed by atoms with Crippen LogP contribution in [-0.2, 0) is 0 Å². The molecule has 1 aliphatic carbocycles. The summed E-state index contributed by atoms with van der Waals surface area (Å²) in [5.74, 6) is 1.99. The molecule has 1 aromatic rings. The minimum atomic E-state index is 0.303. The van der Waals surface area contributed by atoms with Crippen molar-refractivity contribution >= 4 is 12.6 Å². The first kappa shape index (κ1) is 13.8. The van der Waals surface area contributed by atoms with Gasteiger partial charge >= 0.3 is 0 Å². The molecule has 0 N–H and O–H groups in total. The lowest BCUT2D eigenvalue weighted by Gasteiger charge is -2.35. The van der Waals surface area contributed by atoms with Gasteiger partial charge in [0.05, 0.1) is 6.61 Å². The second-order valence-electron chi connectivity index (χ2n) is 5.78. The molecule has 0 atom stereocenters. The van der Waals surface area contributed by atoms with Crippen LogP contribution in [0.1, 0.15) is 43.2 Å². The normalized spacial score (nSPS) is 18.6. The molecule has 0 amide bonds. The maximum atomic E-state index is 6.10. The first-order valence-corrected chi connectivity index (χ1v) is 7.59. The van der Waals surface area contributed by atoms with Crippen LogP contribution in [0.25, 0.3) is 0 Å². The fraction of sp³-hybridized carbons (Fsp3) is 0.625. The fourth-order valence-corrected chi connectivity index (χ4v) is 3.15. The Morgan fingerprint density at radius 1 is 1.17 bits per heavy atom. The summed E-state index contributed by atoms with van der Waals surface area (Å²) < 4.78 is 6.10. The first-order valence-electron chi connectivity index (χ1n) is 6.96. The standard InChI is InChI=1S/C16H24OS/c1-13-6-7-14(2)15(10-13)17-11-16(12-18)8-4-3-5-9-16/h6-7,10,18H,3-5,8-9,11-12H2,1-2H3. The quantitative estimate of drug-likeness (QED) is 0.784. The van der Waals surface area contributed by atoms with Crippen molar-refractivity contribution in [3.63, 3.8) is 0 Å². The Labute approximate surface area is 116 Å². The lowest BCUT2D eigenvalue weighted by atomic mass is 9.76. The Hall–Kier alpha value is -0.630. The van der Waals surface area contributed by atoms with Gasteiger partial charge in [-0.25, -0.2) is 0 Å². The fourth-order valence-electron chi connectivity index (χ4n) is 2.74. The van der Waals surface area contributed by atoms with Crippen molar-refractivity contribution in [1.29, 1.82) is 0 Å². The van der Waals surface area contributed by atoms with E-state index >= 15 is 0 Å². The lowest BCUT2D eigenvalue weighted by Crippen LogP contribution is -2.33. The van der Waals surface area contributed by atoms with E-state index in [9.17, 15) is 0 Å². The summed E-state index contributed by atoms with van der Waals surface area (Å²) in [7, 11) is 0. The van der Waals surface area contributed by atoms with Crippen molar-refractivity contribution in [1.82, 2.24) is 0 Å². The summed E-state index contributed by atoms with van der Waals surface area (Å²) in [6.45, 7) is 5.05. The van der Waals surface area contributed by atoms with Gasteiger partial charge in [0, 0.05) is 5.41 Å². The molecule has 0 heterocycles. The van der Waals surface area contributed by atoms with Crippen LogP contribution in [0.2, 0.25) is 0 Å². The summed E-state index contributed by atoms with van der Waals surface area (Å²) >= 11 is 4.56. The first-order chi connectivity index (χ1) is 8.65. The predicted molar refractivity (Wildman–Crippen MR) is 80.8 cm³/mol. The SMILES string of the molecule is Cc1ccc(C)c(OCC2(CS)CCCCC2)c1. The molecule has 0 spiro atoms. The van der Waals surface area contributed by atoms with Crippen LogP contribution in [0.15, 0.2) is 18.2 Å². The van der Waals surface area contributed by atoms with Gasteiger partial charge in [-0.15, -0.1) is 0 Å². The number of hydrogen-bond acceptors (Lipinski definition) is 2. The van der Waals surface area contributed by atoms with Crippen molar-refractivity contribution < 1.29 is 4.74 Å². The summed E-state index contributed by atoms with van der Waals surface area (Å²) in [6.07, 6.45) is 6.56. The van der Waals surface area contributed by atoms with Crippen LogP contribution in [0.3, 0.4) is 0 Å². The van der Waals surface area contributed by atoms with E-state index in [1.165, 1.54) is 43.2 Å². The molecule has 1 fully saturated rings. The monoisotopic (exact) mass is 264 g/mol. The molecule has 2 rings (SSSR count). The smallest absolute Gasteiger partial charge is 0.122 e.